The third-order valence-electron chi connectivity index (χ3n) is 16.9. The number of thiophene rings is 2. The van der Waals surface area contributed by atoms with E-state index in [1.54, 1.807) is 134 Å². The number of carbonyl (C=O) groups excluding carboxylic acids is 2. The number of benzene rings is 7. The number of nitrogens with zero attached hydrogens (tertiary/aromatic N) is 23. The number of azide groups is 1. The van der Waals surface area contributed by atoms with E-state index in [0.29, 0.717) is 98.4 Å². The van der Waals surface area contributed by atoms with Crippen LogP contribution in [0.25, 0.3) is 73.6 Å². The standard InChI is InChI=1S/C18H18ClN5OS.C16H11ClN4OS.C11H6Br3N3.C11H6Br2N6.C11H10N4.C11H9N3.C7H4IN.C3H4N2/c1-23(2)17(20)12-3-5-14(6-4-12)24-10-13(22-11-24)9-21-18(25)15-7-8-16(19)26-15;1-18-11-2-4-13(5-3-11)21-9-12(20-10-21)8-19-16(22)14-6-7-15(17)23-14;1-15-7-2-4-8(5-3-7)17-10(13)9(6-12)16-11(17)14;1-15-7-2-4-8(5-3-7)19-10(12)9(6-16-18-14)17-11(19)13;1-13-9-2-4-11(5-3-9)15-7-10(6-12)14-8-15;1-9-7-14(8-13-9)11-5-3-10(12-2)4-6-11;1-9-7-4-2-6(8)3-5-7;1-2-5-3-4-1/h3-8,10-11,20H,9H2,1-2H3,(H,21,25);2-7,9-10H,8H2,(H,19,22);2-5H,6H2;2-5H,6H2;2-5,7-8H,6,12H2;3-8H,1H3;2-5H;1-3H,(H,4,5). The highest BCUT2D eigenvalue weighted by Gasteiger charge is 2.18. The summed E-state index contributed by atoms with van der Waals surface area (Å²) in [4.78, 5) is 81.5. The first kappa shape index (κ1) is 98.5. The number of hydrogen-bond donors (Lipinski definition) is 5. The number of carbonyl (C=O) groups is 2. The van der Waals surface area contributed by atoms with E-state index in [2.05, 4.69) is 192 Å². The Balaban J connectivity index is 0.000000170. The minimum atomic E-state index is -0.169. The molecule has 0 aliphatic rings. The molecule has 128 heavy (non-hydrogen) atoms. The van der Waals surface area contributed by atoms with Crippen LogP contribution >= 0.6 is 148 Å². The third kappa shape index (κ3) is 29.7. The smallest absolute Gasteiger partial charge is 0.261 e. The molecule has 0 bridgehead atoms. The lowest BCUT2D eigenvalue weighted by Crippen LogP contribution is -2.21. The molecule has 16 rings (SSSR count). The van der Waals surface area contributed by atoms with Gasteiger partial charge in [-0.05, 0) is 208 Å². The summed E-state index contributed by atoms with van der Waals surface area (Å²) in [6.45, 7) is 44.3. The average molecular weight is 2210 g/mol. The number of aromatic amines is 1. The molecule has 7 aromatic carbocycles. The van der Waals surface area contributed by atoms with E-state index in [1.807, 2.05) is 182 Å². The highest BCUT2D eigenvalue weighted by molar-refractivity contribution is 14.1. The highest BCUT2D eigenvalue weighted by atomic mass is 127. The summed E-state index contributed by atoms with van der Waals surface area (Å²) in [7, 11) is 3.69. The Hall–Kier alpha value is -13.3. The second-order valence-electron chi connectivity index (χ2n) is 25.7. The van der Waals surface area contributed by atoms with E-state index in [-0.39, 0.29) is 18.4 Å². The summed E-state index contributed by atoms with van der Waals surface area (Å²) in [6.07, 6.45) is 19.5. The number of alkyl halides is 1. The highest BCUT2D eigenvalue weighted by Crippen LogP contribution is 2.32. The Morgan fingerprint density at radius 1 is 0.523 bits per heavy atom. The zero-order valence-electron chi connectivity index (χ0n) is 67.4. The van der Waals surface area contributed by atoms with Crippen LogP contribution < -0.4 is 16.4 Å². The first-order valence-electron chi connectivity index (χ1n) is 37.0. The molecular formula is C88H68Br5Cl2IN28O2S2. The fourth-order valence-corrected chi connectivity index (χ4v) is 16.4. The van der Waals surface area contributed by atoms with Crippen molar-refractivity contribution in [3.05, 3.63) is 422 Å². The monoisotopic (exact) mass is 2200 g/mol. The maximum Gasteiger partial charge on any atom is 0.261 e. The molecule has 2 amide bonds. The molecule has 0 aliphatic carbocycles. The second kappa shape index (κ2) is 50.8. The van der Waals surface area contributed by atoms with Crippen molar-refractivity contribution < 1.29 is 9.59 Å². The number of halogens is 8. The van der Waals surface area contributed by atoms with Crippen LogP contribution in [0.4, 0.5) is 34.1 Å². The molecule has 0 unspecified atom stereocenters. The molecule has 0 saturated carbocycles. The molecule has 0 fully saturated rings. The Kier molecular flexibility index (Phi) is 39.1. The van der Waals surface area contributed by atoms with E-state index in [1.165, 1.54) is 26.2 Å². The Labute approximate surface area is 809 Å². The average Bonchev–Trinajstić information content (AvgIpc) is 1.66. The predicted octanol–water partition coefficient (Wildman–Crippen LogP) is 24.9. The molecule has 30 nitrogen and oxygen atoms in total. The molecule has 16 aromatic rings. The lowest BCUT2D eigenvalue weighted by Gasteiger charge is -2.14. The first-order chi connectivity index (χ1) is 61.9. The van der Waals surface area contributed by atoms with Gasteiger partial charge in [0.05, 0.1) is 143 Å². The van der Waals surface area contributed by atoms with Gasteiger partial charge in [0.1, 0.15) is 15.0 Å². The van der Waals surface area contributed by atoms with Crippen molar-refractivity contribution in [3.8, 4) is 34.1 Å². The van der Waals surface area contributed by atoms with E-state index in [0.717, 1.165) is 77.5 Å². The number of aryl methyl sites for hydroxylation is 1. The molecule has 0 radical (unpaired) electrons. The van der Waals surface area contributed by atoms with Crippen molar-refractivity contribution >= 4 is 200 Å². The van der Waals surface area contributed by atoms with Crippen LogP contribution in [-0.2, 0) is 31.5 Å². The molecular weight excluding hydrogens is 2140 g/mol. The van der Waals surface area contributed by atoms with Crippen LogP contribution in [-0.4, -0.2) is 104 Å². The van der Waals surface area contributed by atoms with Crippen LogP contribution in [0.2, 0.25) is 8.67 Å². The van der Waals surface area contributed by atoms with Crippen molar-refractivity contribution in [2.24, 2.45) is 10.8 Å². The zero-order chi connectivity index (χ0) is 92.0. The number of amidine groups is 1. The third-order valence-corrected chi connectivity index (χ3v) is 23.3. The lowest BCUT2D eigenvalue weighted by molar-refractivity contribution is 0.0946. The first-order valence-corrected chi connectivity index (χ1v) is 44.8. The summed E-state index contributed by atoms with van der Waals surface area (Å²) in [5, 5.41) is 17.8. The van der Waals surface area contributed by atoms with Gasteiger partial charge in [-0.3, -0.25) is 24.1 Å². The lowest BCUT2D eigenvalue weighted by atomic mass is 10.2. The molecule has 640 valence electrons. The molecule has 9 aromatic heterocycles. The minimum absolute atomic E-state index is 0.164. The number of hydrogen-bond acceptors (Lipinski definition) is 14. The number of aromatic nitrogens is 14. The van der Waals surface area contributed by atoms with Gasteiger partial charge >= 0.3 is 0 Å². The Bertz CT molecular complexity index is 6660. The van der Waals surface area contributed by atoms with Gasteiger partial charge in [-0.1, -0.05) is 129 Å². The maximum atomic E-state index is 12.0. The normalized spacial score (nSPS) is 9.92. The SMILES string of the molecule is CN(C)C(=N)c1ccc(-n2cnc(CNC(=O)c3ccc(Cl)s3)c2)cc1.[C-]#[N+]c1ccc(-n2c(Br)nc(CBr)c2Br)cc1.[C-]#[N+]c1ccc(-n2c(Br)nc(CN=[N+]=[N-])c2Br)cc1.[C-]#[N+]c1ccc(-n2cnc(C)c2)cc1.[C-]#[N+]c1ccc(-n2cnc(CN)c2)cc1.[C-]#[N+]c1ccc(-n2cnc(CNC(=O)c3ccc(Cl)s3)c2)cc1.[C-]#[N+]c1ccc(I)cc1.c1c[nH]cn1. The quantitative estimate of drug-likeness (QED) is 0.00834. The van der Waals surface area contributed by atoms with E-state index in [9.17, 15) is 9.59 Å². The van der Waals surface area contributed by atoms with Crippen LogP contribution in [0.5, 0.6) is 0 Å². The van der Waals surface area contributed by atoms with E-state index in [4.69, 9.17) is 79.3 Å². The fourth-order valence-electron chi connectivity index (χ4n) is 10.5. The molecule has 0 atom stereocenters. The molecule has 0 aliphatic heterocycles. The molecule has 0 saturated heterocycles. The van der Waals surface area contributed by atoms with Crippen LogP contribution in [0, 0.1) is 55.3 Å². The zero-order valence-corrected chi connectivity index (χ0v) is 80.6. The van der Waals surface area contributed by atoms with E-state index >= 15 is 0 Å². The van der Waals surface area contributed by atoms with Gasteiger partial charge < -0.3 is 44.5 Å². The van der Waals surface area contributed by atoms with Crippen molar-refractivity contribution in [2.45, 2.75) is 38.4 Å². The van der Waals surface area contributed by atoms with Gasteiger partial charge in [-0.2, -0.15) is 0 Å². The summed E-state index contributed by atoms with van der Waals surface area (Å²) in [6, 6.07) is 58.4. The minimum Gasteiger partial charge on any atom is -0.363 e. The Morgan fingerprint density at radius 2 is 0.875 bits per heavy atom. The number of rotatable bonds is 17. The van der Waals surface area contributed by atoms with Gasteiger partial charge in [0.25, 0.3) is 11.8 Å². The van der Waals surface area contributed by atoms with Crippen molar-refractivity contribution in [1.82, 2.24) is 82.8 Å². The summed E-state index contributed by atoms with van der Waals surface area (Å²) < 4.78 is 16.6. The van der Waals surface area contributed by atoms with Gasteiger partial charge in [-0.15, -0.1) is 22.7 Å². The molecule has 0 spiro atoms. The number of imidazole rings is 7. The summed E-state index contributed by atoms with van der Waals surface area (Å²) >= 11 is 33.5. The van der Waals surface area contributed by atoms with Gasteiger partial charge in [-0.25, -0.2) is 64.0 Å². The second-order valence-corrected chi connectivity index (χ2v) is 33.9. The van der Waals surface area contributed by atoms with E-state index < -0.39 is 0 Å². The van der Waals surface area contributed by atoms with Gasteiger partial charge in [0.2, 0.25) is 0 Å². The fraction of sp³-hybridized carbons (Fsp3) is 0.0909. The van der Waals surface area contributed by atoms with Crippen molar-refractivity contribution in [2.75, 3.05) is 14.1 Å². The molecule has 40 heteroatoms. The number of nitrogens with two attached hydrogens (primary N) is 1. The molecule has 9 heterocycles. The topological polar surface area (TPSA) is 322 Å². The number of amides is 2. The summed E-state index contributed by atoms with van der Waals surface area (Å²) in [5.74, 6) is 0.125. The maximum absolute atomic E-state index is 12.0. The number of H-pyrrole nitrogens is 1. The number of nitrogens with one attached hydrogen (secondary N) is 4. The van der Waals surface area contributed by atoms with Crippen LogP contribution in [0.15, 0.2) is 287 Å². The van der Waals surface area contributed by atoms with Crippen molar-refractivity contribution in [1.29, 1.82) is 5.41 Å². The summed E-state index contributed by atoms with van der Waals surface area (Å²) in [5.41, 5.74) is 29.0. The van der Waals surface area contributed by atoms with Crippen molar-refractivity contribution in [3.63, 3.8) is 0 Å². The molecule has 6 N–H and O–H groups in total. The largest absolute Gasteiger partial charge is 0.363 e. The predicted molar refractivity (Wildman–Crippen MR) is 527 cm³/mol. The van der Waals surface area contributed by atoms with Crippen LogP contribution in [0.1, 0.15) is 59.1 Å². The Morgan fingerprint density at radius 3 is 1.18 bits per heavy atom. The van der Waals surface area contributed by atoms with Gasteiger partial charge in [0.15, 0.2) is 43.6 Å². The van der Waals surface area contributed by atoms with Crippen LogP contribution in [0.3, 0.4) is 0 Å². The van der Waals surface area contributed by atoms with Gasteiger partial charge in [0, 0.05) is 111 Å².